The first-order valence-electron chi connectivity index (χ1n) is 12.6. The molecule has 34 heavy (non-hydrogen) atoms. The fourth-order valence-electron chi connectivity index (χ4n) is 5.64. The first-order chi connectivity index (χ1) is 16.5. The second kappa shape index (κ2) is 9.60. The van der Waals surface area contributed by atoms with Gasteiger partial charge in [0.1, 0.15) is 6.54 Å². The van der Waals surface area contributed by atoms with Crippen LogP contribution in [0.5, 0.6) is 0 Å². The molecule has 0 radical (unpaired) electrons. The lowest BCUT2D eigenvalue weighted by molar-refractivity contribution is -0.123. The smallest absolute Gasteiger partial charge is 0.333 e. The molecule has 2 aromatic heterocycles. The summed E-state index contributed by atoms with van der Waals surface area (Å²) in [5, 5.41) is 3.08. The van der Waals surface area contributed by atoms with Gasteiger partial charge in [-0.15, -0.1) is 0 Å². The summed E-state index contributed by atoms with van der Waals surface area (Å²) in [6.07, 6.45) is 10.2. The minimum atomic E-state index is -0.495. The molecule has 1 amide bonds. The van der Waals surface area contributed by atoms with Crippen LogP contribution in [0.15, 0.2) is 46.2 Å². The molecular weight excluding hydrogens is 430 g/mol. The zero-order valence-electron chi connectivity index (χ0n) is 19.8. The number of rotatable bonds is 6. The van der Waals surface area contributed by atoms with Gasteiger partial charge in [-0.3, -0.25) is 14.2 Å². The van der Waals surface area contributed by atoms with Gasteiger partial charge in [0.05, 0.1) is 12.9 Å². The highest BCUT2D eigenvalue weighted by molar-refractivity contribution is 5.77. The van der Waals surface area contributed by atoms with E-state index in [-0.39, 0.29) is 24.5 Å². The first kappa shape index (κ1) is 22.6. The van der Waals surface area contributed by atoms with Crippen molar-refractivity contribution in [2.45, 2.75) is 83.5 Å². The van der Waals surface area contributed by atoms with Crippen LogP contribution in [-0.2, 0) is 17.9 Å². The van der Waals surface area contributed by atoms with Gasteiger partial charge >= 0.3 is 5.69 Å². The van der Waals surface area contributed by atoms with Crippen LogP contribution < -0.4 is 16.6 Å². The van der Waals surface area contributed by atoms with Crippen molar-refractivity contribution in [1.82, 2.24) is 24.0 Å². The Morgan fingerprint density at radius 3 is 2.44 bits per heavy atom. The van der Waals surface area contributed by atoms with Crippen molar-refractivity contribution in [2.75, 3.05) is 0 Å². The zero-order valence-corrected chi connectivity index (χ0v) is 19.8. The van der Waals surface area contributed by atoms with Crippen molar-refractivity contribution in [2.24, 2.45) is 5.92 Å². The standard InChI is InChI=1S/C26H33N5O3/c1-18-9-5-8-14-21(18)28-22(32)16-30-25(33)23-24(27-17-31(23)20-12-6-7-13-20)29(26(30)34)15-19-10-3-2-4-11-19/h2-4,10-11,17-18,20-21H,5-9,12-16H2,1H3,(H,28,32)/t18-,21-/m1/s1. The van der Waals surface area contributed by atoms with E-state index in [4.69, 9.17) is 0 Å². The van der Waals surface area contributed by atoms with Crippen molar-refractivity contribution in [3.05, 3.63) is 63.1 Å². The number of imidazole rings is 1. The van der Waals surface area contributed by atoms with Gasteiger partial charge < -0.3 is 9.88 Å². The zero-order chi connectivity index (χ0) is 23.7. The van der Waals surface area contributed by atoms with Gasteiger partial charge in [0, 0.05) is 12.1 Å². The molecule has 1 N–H and O–H groups in total. The topological polar surface area (TPSA) is 90.9 Å². The fraction of sp³-hybridized carbons (Fsp3) is 0.538. The summed E-state index contributed by atoms with van der Waals surface area (Å²) in [5.41, 5.74) is 0.821. The van der Waals surface area contributed by atoms with E-state index in [0.29, 0.717) is 23.6 Å². The summed E-state index contributed by atoms with van der Waals surface area (Å²) in [4.78, 5) is 44.6. The Labute approximate surface area is 198 Å². The van der Waals surface area contributed by atoms with Crippen molar-refractivity contribution in [3.8, 4) is 0 Å². The normalized spacial score (nSPS) is 21.2. The Hall–Kier alpha value is -3.16. The van der Waals surface area contributed by atoms with Crippen molar-refractivity contribution < 1.29 is 4.79 Å². The lowest BCUT2D eigenvalue weighted by Gasteiger charge is -2.29. The second-order valence-electron chi connectivity index (χ2n) is 9.94. The van der Waals surface area contributed by atoms with Crippen LogP contribution in [0, 0.1) is 5.92 Å². The number of nitrogens with one attached hydrogen (secondary N) is 1. The van der Waals surface area contributed by atoms with Gasteiger partial charge in [-0.25, -0.2) is 14.3 Å². The van der Waals surface area contributed by atoms with Crippen LogP contribution in [0.2, 0.25) is 0 Å². The maximum absolute atomic E-state index is 13.6. The second-order valence-corrected chi connectivity index (χ2v) is 9.94. The fourth-order valence-corrected chi connectivity index (χ4v) is 5.64. The molecular formula is C26H33N5O3. The number of hydrogen-bond donors (Lipinski definition) is 1. The molecule has 2 aliphatic carbocycles. The quantitative estimate of drug-likeness (QED) is 0.608. The molecule has 2 saturated carbocycles. The van der Waals surface area contributed by atoms with Crippen molar-refractivity contribution in [3.63, 3.8) is 0 Å². The number of benzene rings is 1. The number of fused-ring (bicyclic) bond motifs is 1. The largest absolute Gasteiger partial charge is 0.352 e. The number of hydrogen-bond acceptors (Lipinski definition) is 4. The molecule has 2 aliphatic rings. The van der Waals surface area contributed by atoms with Crippen molar-refractivity contribution >= 4 is 17.1 Å². The average molecular weight is 464 g/mol. The molecule has 0 bridgehead atoms. The van der Waals surface area contributed by atoms with Gasteiger partial charge in [0.25, 0.3) is 5.56 Å². The third-order valence-corrected chi connectivity index (χ3v) is 7.60. The summed E-state index contributed by atoms with van der Waals surface area (Å²) >= 11 is 0. The van der Waals surface area contributed by atoms with Crippen molar-refractivity contribution in [1.29, 1.82) is 0 Å². The molecule has 5 rings (SSSR count). The lowest BCUT2D eigenvalue weighted by atomic mass is 9.86. The predicted molar refractivity (Wildman–Crippen MR) is 131 cm³/mol. The highest BCUT2D eigenvalue weighted by Gasteiger charge is 2.26. The van der Waals surface area contributed by atoms with E-state index in [1.54, 1.807) is 6.33 Å². The third-order valence-electron chi connectivity index (χ3n) is 7.60. The molecule has 8 heteroatoms. The molecule has 8 nitrogen and oxygen atoms in total. The van der Waals surface area contributed by atoms with Crippen LogP contribution in [0.4, 0.5) is 0 Å². The molecule has 2 atom stereocenters. The van der Waals surface area contributed by atoms with Crippen LogP contribution >= 0.6 is 0 Å². The van der Waals surface area contributed by atoms with Gasteiger partial charge in [-0.1, -0.05) is 62.9 Å². The molecule has 0 aliphatic heterocycles. The van der Waals surface area contributed by atoms with Gasteiger partial charge in [-0.2, -0.15) is 0 Å². The Morgan fingerprint density at radius 1 is 1.00 bits per heavy atom. The monoisotopic (exact) mass is 463 g/mol. The summed E-state index contributed by atoms with van der Waals surface area (Å²) in [6, 6.07) is 9.95. The van der Waals surface area contributed by atoms with E-state index in [9.17, 15) is 14.4 Å². The maximum atomic E-state index is 13.6. The number of aromatic nitrogens is 4. The number of nitrogens with zero attached hydrogens (tertiary/aromatic N) is 4. The van der Waals surface area contributed by atoms with E-state index >= 15 is 0 Å². The van der Waals surface area contributed by atoms with E-state index < -0.39 is 11.2 Å². The highest BCUT2D eigenvalue weighted by Crippen LogP contribution is 2.31. The molecule has 2 fully saturated rings. The van der Waals surface area contributed by atoms with E-state index in [1.807, 2.05) is 34.9 Å². The highest BCUT2D eigenvalue weighted by atomic mass is 16.2. The molecule has 0 saturated heterocycles. The van der Waals surface area contributed by atoms with Gasteiger partial charge in [-0.05, 0) is 37.2 Å². The van der Waals surface area contributed by atoms with E-state index in [1.165, 1.54) is 11.0 Å². The summed E-state index contributed by atoms with van der Waals surface area (Å²) in [5.74, 6) is 0.117. The van der Waals surface area contributed by atoms with E-state index in [2.05, 4.69) is 17.2 Å². The predicted octanol–water partition coefficient (Wildman–Crippen LogP) is 3.22. The maximum Gasteiger partial charge on any atom is 0.333 e. The summed E-state index contributed by atoms with van der Waals surface area (Å²) < 4.78 is 4.57. The Bertz CT molecular complexity index is 1280. The molecule has 2 heterocycles. The van der Waals surface area contributed by atoms with Crippen LogP contribution in [0.25, 0.3) is 11.2 Å². The first-order valence-corrected chi connectivity index (χ1v) is 12.6. The molecule has 0 spiro atoms. The SMILES string of the molecule is C[C@@H]1CCCC[C@H]1NC(=O)Cn1c(=O)c2c(ncn2C2CCCC2)n(Cc2ccccc2)c1=O. The summed E-state index contributed by atoms with van der Waals surface area (Å²) in [7, 11) is 0. The van der Waals surface area contributed by atoms with Crippen LogP contribution in [0.3, 0.4) is 0 Å². The van der Waals surface area contributed by atoms with Crippen LogP contribution in [-0.4, -0.2) is 30.6 Å². The molecule has 1 aromatic carbocycles. The molecule has 180 valence electrons. The Kier molecular flexibility index (Phi) is 6.39. The Balaban J connectivity index is 1.56. The lowest BCUT2D eigenvalue weighted by Crippen LogP contribution is -2.47. The van der Waals surface area contributed by atoms with Gasteiger partial charge in [0.2, 0.25) is 5.91 Å². The minimum absolute atomic E-state index is 0.0937. The number of carbonyl (C=O) groups is 1. The molecule has 3 aromatic rings. The van der Waals surface area contributed by atoms with E-state index in [0.717, 1.165) is 55.1 Å². The summed E-state index contributed by atoms with van der Waals surface area (Å²) in [6.45, 7) is 2.16. The third kappa shape index (κ3) is 4.33. The molecule has 0 unspecified atom stereocenters. The average Bonchev–Trinajstić information content (AvgIpc) is 3.52. The number of amides is 1. The number of carbonyl (C=O) groups excluding carboxylic acids is 1. The minimum Gasteiger partial charge on any atom is -0.352 e. The Morgan fingerprint density at radius 2 is 1.71 bits per heavy atom. The van der Waals surface area contributed by atoms with Gasteiger partial charge in [0.15, 0.2) is 11.2 Å². The van der Waals surface area contributed by atoms with Crippen LogP contribution in [0.1, 0.15) is 69.9 Å².